The van der Waals surface area contributed by atoms with Crippen LogP contribution in [0.4, 0.5) is 0 Å². The van der Waals surface area contributed by atoms with Crippen molar-refractivity contribution < 1.29 is 9.52 Å². The molecule has 3 heterocycles. The summed E-state index contributed by atoms with van der Waals surface area (Å²) in [5.41, 5.74) is 1.80. The van der Waals surface area contributed by atoms with E-state index in [0.29, 0.717) is 5.39 Å². The number of pyridine rings is 1. The zero-order chi connectivity index (χ0) is 13.9. The zero-order valence-electron chi connectivity index (χ0n) is 11.9. The molecule has 1 fully saturated rings. The molecule has 0 saturated carbocycles. The van der Waals surface area contributed by atoms with Crippen LogP contribution in [0.25, 0.3) is 10.9 Å². The van der Waals surface area contributed by atoms with Crippen LogP contribution in [0, 0.1) is 0 Å². The van der Waals surface area contributed by atoms with E-state index < -0.39 is 0 Å². The molecular weight excluding hydrogens is 254 g/mol. The van der Waals surface area contributed by atoms with Crippen LogP contribution in [0.3, 0.4) is 0 Å². The molecule has 0 bridgehead atoms. The molecule has 20 heavy (non-hydrogen) atoms. The fourth-order valence-corrected chi connectivity index (χ4v) is 2.66. The van der Waals surface area contributed by atoms with Crippen LogP contribution >= 0.6 is 0 Å². The quantitative estimate of drug-likeness (QED) is 0.920. The molecule has 2 aromatic rings. The number of hydrogen-bond acceptors (Lipinski definition) is 5. The summed E-state index contributed by atoms with van der Waals surface area (Å²) in [6, 6.07) is 3.86. The molecule has 1 saturated heterocycles. The van der Waals surface area contributed by atoms with Crippen molar-refractivity contribution in [2.45, 2.75) is 12.8 Å². The molecule has 0 radical (unpaired) electrons. The van der Waals surface area contributed by atoms with Gasteiger partial charge in [-0.05, 0) is 38.6 Å². The van der Waals surface area contributed by atoms with Crippen LogP contribution in [-0.4, -0.2) is 59.7 Å². The minimum atomic E-state index is -0.0449. The maximum absolute atomic E-state index is 9.45. The number of fused-ring (bicyclic) bond motifs is 1. The molecule has 0 aliphatic carbocycles. The molecule has 0 atom stereocenters. The molecule has 5 nitrogen and oxygen atoms in total. The van der Waals surface area contributed by atoms with Gasteiger partial charge < -0.3 is 19.3 Å². The van der Waals surface area contributed by atoms with Crippen molar-refractivity contribution in [1.29, 1.82) is 0 Å². The van der Waals surface area contributed by atoms with E-state index in [2.05, 4.69) is 21.8 Å². The molecule has 1 N–H and O–H groups in total. The number of aryl methyl sites for hydroxylation is 1. The Morgan fingerprint density at radius 1 is 1.25 bits per heavy atom. The van der Waals surface area contributed by atoms with E-state index in [9.17, 15) is 5.11 Å². The van der Waals surface area contributed by atoms with Gasteiger partial charge in [-0.25, -0.2) is 4.98 Å². The third-order valence-electron chi connectivity index (χ3n) is 4.00. The highest BCUT2D eigenvalue weighted by atomic mass is 16.5. The first-order valence-corrected chi connectivity index (χ1v) is 7.19. The standard InChI is InChI=1S/C15H21N3O2/c1-17-7-9-18(10-8-17)6-2-3-12-4-5-13-14(16-12)11-20-15(13)19/h4-5,11,19H,2-3,6-10H2,1H3. The Balaban J connectivity index is 1.52. The van der Waals surface area contributed by atoms with Crippen molar-refractivity contribution in [2.24, 2.45) is 0 Å². The van der Waals surface area contributed by atoms with E-state index in [1.165, 1.54) is 32.4 Å². The number of aromatic nitrogens is 1. The summed E-state index contributed by atoms with van der Waals surface area (Å²) < 4.78 is 4.96. The first-order valence-electron chi connectivity index (χ1n) is 7.19. The third kappa shape index (κ3) is 2.94. The van der Waals surface area contributed by atoms with E-state index >= 15 is 0 Å². The number of hydrogen-bond donors (Lipinski definition) is 1. The van der Waals surface area contributed by atoms with Gasteiger partial charge in [0.15, 0.2) is 0 Å². The fourth-order valence-electron chi connectivity index (χ4n) is 2.66. The molecule has 2 aromatic heterocycles. The predicted molar refractivity (Wildman–Crippen MR) is 77.9 cm³/mol. The van der Waals surface area contributed by atoms with Gasteiger partial charge in [0.05, 0.1) is 5.39 Å². The SMILES string of the molecule is CN1CCN(CCCc2ccc3c(O)occ3n2)CC1. The average Bonchev–Trinajstić information content (AvgIpc) is 2.82. The molecule has 0 aromatic carbocycles. The lowest BCUT2D eigenvalue weighted by Crippen LogP contribution is -2.44. The fraction of sp³-hybridized carbons (Fsp3) is 0.533. The van der Waals surface area contributed by atoms with Crippen molar-refractivity contribution in [3.63, 3.8) is 0 Å². The maximum atomic E-state index is 9.45. The van der Waals surface area contributed by atoms with Crippen molar-refractivity contribution in [1.82, 2.24) is 14.8 Å². The Kier molecular flexibility index (Phi) is 3.89. The van der Waals surface area contributed by atoms with Gasteiger partial charge in [-0.15, -0.1) is 0 Å². The highest BCUT2D eigenvalue weighted by Gasteiger charge is 2.13. The molecule has 108 valence electrons. The lowest BCUT2D eigenvalue weighted by atomic mass is 10.2. The highest BCUT2D eigenvalue weighted by molar-refractivity contribution is 5.82. The smallest absolute Gasteiger partial charge is 0.291 e. The van der Waals surface area contributed by atoms with Crippen LogP contribution in [0.5, 0.6) is 5.95 Å². The van der Waals surface area contributed by atoms with E-state index in [-0.39, 0.29) is 5.95 Å². The van der Waals surface area contributed by atoms with Gasteiger partial charge in [0.2, 0.25) is 0 Å². The topological polar surface area (TPSA) is 52.7 Å². The molecule has 0 amide bonds. The Morgan fingerprint density at radius 3 is 2.85 bits per heavy atom. The molecule has 0 unspecified atom stereocenters. The third-order valence-corrected chi connectivity index (χ3v) is 4.00. The maximum Gasteiger partial charge on any atom is 0.291 e. The average molecular weight is 275 g/mol. The van der Waals surface area contributed by atoms with Crippen LogP contribution in [-0.2, 0) is 6.42 Å². The van der Waals surface area contributed by atoms with Gasteiger partial charge in [0.25, 0.3) is 5.95 Å². The summed E-state index contributed by atoms with van der Waals surface area (Å²) in [5, 5.41) is 10.1. The summed E-state index contributed by atoms with van der Waals surface area (Å²) in [7, 11) is 2.18. The molecule has 1 aliphatic heterocycles. The second-order valence-electron chi connectivity index (χ2n) is 5.52. The van der Waals surface area contributed by atoms with Crippen LogP contribution in [0.15, 0.2) is 22.8 Å². The number of rotatable bonds is 4. The highest BCUT2D eigenvalue weighted by Crippen LogP contribution is 2.25. The Morgan fingerprint density at radius 2 is 2.05 bits per heavy atom. The van der Waals surface area contributed by atoms with Crippen LogP contribution < -0.4 is 0 Å². The number of furan rings is 1. The van der Waals surface area contributed by atoms with Gasteiger partial charge in [-0.1, -0.05) is 0 Å². The van der Waals surface area contributed by atoms with Crippen LogP contribution in [0.2, 0.25) is 0 Å². The molecule has 1 aliphatic rings. The zero-order valence-corrected chi connectivity index (χ0v) is 11.9. The van der Waals surface area contributed by atoms with Gasteiger partial charge in [-0.3, -0.25) is 0 Å². The second kappa shape index (κ2) is 5.81. The number of aromatic hydroxyl groups is 1. The molecular formula is C15H21N3O2. The summed E-state index contributed by atoms with van der Waals surface area (Å²) in [6.07, 6.45) is 3.59. The summed E-state index contributed by atoms with van der Waals surface area (Å²) >= 11 is 0. The number of likely N-dealkylation sites (N-methyl/N-ethyl adjacent to an activating group) is 1. The summed E-state index contributed by atoms with van der Waals surface area (Å²) in [4.78, 5) is 9.40. The van der Waals surface area contributed by atoms with Crippen molar-refractivity contribution >= 4 is 10.9 Å². The number of piperazine rings is 1. The largest absolute Gasteiger partial charge is 0.480 e. The molecule has 5 heteroatoms. The minimum absolute atomic E-state index is 0.0449. The second-order valence-corrected chi connectivity index (χ2v) is 5.52. The van der Waals surface area contributed by atoms with Gasteiger partial charge in [0.1, 0.15) is 11.8 Å². The minimum Gasteiger partial charge on any atom is -0.480 e. The first-order chi connectivity index (χ1) is 9.72. The van der Waals surface area contributed by atoms with Gasteiger partial charge in [0, 0.05) is 31.9 Å². The predicted octanol–water partition coefficient (Wildman–Crippen LogP) is 1.71. The van der Waals surface area contributed by atoms with E-state index in [0.717, 1.165) is 30.6 Å². The lowest BCUT2D eigenvalue weighted by Gasteiger charge is -2.32. The summed E-state index contributed by atoms with van der Waals surface area (Å²) in [5.74, 6) is -0.0449. The number of nitrogens with zero attached hydrogens (tertiary/aromatic N) is 3. The van der Waals surface area contributed by atoms with E-state index in [1.54, 1.807) is 0 Å². The van der Waals surface area contributed by atoms with Gasteiger partial charge >= 0.3 is 0 Å². The van der Waals surface area contributed by atoms with E-state index in [4.69, 9.17) is 4.42 Å². The van der Waals surface area contributed by atoms with Gasteiger partial charge in [-0.2, -0.15) is 0 Å². The Hall–Kier alpha value is -1.59. The monoisotopic (exact) mass is 275 g/mol. The van der Waals surface area contributed by atoms with Crippen LogP contribution in [0.1, 0.15) is 12.1 Å². The van der Waals surface area contributed by atoms with E-state index in [1.807, 2.05) is 12.1 Å². The van der Waals surface area contributed by atoms with Crippen molar-refractivity contribution in [3.8, 4) is 5.95 Å². The lowest BCUT2D eigenvalue weighted by molar-refractivity contribution is 0.153. The van der Waals surface area contributed by atoms with Crippen molar-refractivity contribution in [3.05, 3.63) is 24.1 Å². The Bertz CT molecular complexity index is 574. The molecule has 0 spiro atoms. The molecule has 3 rings (SSSR count). The van der Waals surface area contributed by atoms with Crippen molar-refractivity contribution in [2.75, 3.05) is 39.8 Å². The normalized spacial score (nSPS) is 17.9. The Labute approximate surface area is 118 Å². The summed E-state index contributed by atoms with van der Waals surface area (Å²) in [6.45, 7) is 5.79. The first kappa shape index (κ1) is 13.4.